The lowest BCUT2D eigenvalue weighted by Crippen LogP contribution is -2.25. The monoisotopic (exact) mass is 252 g/mol. The van der Waals surface area contributed by atoms with Crippen LogP contribution in [-0.2, 0) is 9.84 Å². The van der Waals surface area contributed by atoms with Gasteiger partial charge in [-0.15, -0.1) is 0 Å². The molecule has 0 saturated carbocycles. The van der Waals surface area contributed by atoms with Gasteiger partial charge in [0.05, 0.1) is 4.90 Å². The fourth-order valence-electron chi connectivity index (χ4n) is 1.73. The molecular weight excluding hydrogens is 240 g/mol. The van der Waals surface area contributed by atoms with E-state index in [4.69, 9.17) is 10.7 Å². The zero-order chi connectivity index (χ0) is 12.5. The van der Waals surface area contributed by atoms with Gasteiger partial charge in [-0.25, -0.2) is 14.3 Å². The van der Waals surface area contributed by atoms with Gasteiger partial charge < -0.3 is 4.84 Å². The predicted molar refractivity (Wildman–Crippen MR) is 65.0 cm³/mol. The first kappa shape index (κ1) is 11.8. The highest BCUT2D eigenvalue weighted by Crippen LogP contribution is 2.29. The summed E-state index contributed by atoms with van der Waals surface area (Å²) in [6.45, 7) is 0. The van der Waals surface area contributed by atoms with E-state index in [1.807, 2.05) is 0 Å². The van der Waals surface area contributed by atoms with Crippen LogP contribution in [-0.4, -0.2) is 14.7 Å². The smallest absolute Gasteiger partial charge is 0.176 e. The topological polar surface area (TPSA) is 81.4 Å². The minimum absolute atomic E-state index is 0.275. The summed E-state index contributed by atoms with van der Waals surface area (Å²) in [4.78, 5) is 5.30. The first-order chi connectivity index (χ1) is 8.04. The van der Waals surface area contributed by atoms with E-state index in [9.17, 15) is 8.42 Å². The third-order valence-electron chi connectivity index (χ3n) is 2.41. The van der Waals surface area contributed by atoms with E-state index < -0.39 is 9.84 Å². The standard InChI is InChI=1S/C11H12N2O3S/c1-17(14,15)11-7-3-4-8-9(11)5-2-6-10(8)16-13-12/h2-7,13H,12H2,1H3. The van der Waals surface area contributed by atoms with Crippen molar-refractivity contribution in [1.82, 2.24) is 5.59 Å². The van der Waals surface area contributed by atoms with Gasteiger partial charge in [-0.05, 0) is 12.1 Å². The van der Waals surface area contributed by atoms with Gasteiger partial charge in [-0.3, -0.25) is 0 Å². The Bertz CT molecular complexity index is 653. The van der Waals surface area contributed by atoms with Gasteiger partial charge in [-0.2, -0.15) is 0 Å². The highest BCUT2D eigenvalue weighted by molar-refractivity contribution is 7.91. The third kappa shape index (κ3) is 2.23. The van der Waals surface area contributed by atoms with E-state index in [-0.39, 0.29) is 4.90 Å². The summed E-state index contributed by atoms with van der Waals surface area (Å²) in [7, 11) is -3.27. The van der Waals surface area contributed by atoms with Crippen LogP contribution in [0.5, 0.6) is 5.75 Å². The lowest BCUT2D eigenvalue weighted by Gasteiger charge is -2.09. The molecule has 6 heteroatoms. The molecule has 90 valence electrons. The summed E-state index contributed by atoms with van der Waals surface area (Å²) in [6, 6.07) is 10.2. The second-order valence-corrected chi connectivity index (χ2v) is 5.58. The normalized spacial score (nSPS) is 11.6. The molecule has 0 amide bonds. The Hall–Kier alpha value is -1.63. The Morgan fingerprint density at radius 2 is 1.76 bits per heavy atom. The van der Waals surface area contributed by atoms with E-state index in [0.717, 1.165) is 0 Å². The number of hydrogen-bond acceptors (Lipinski definition) is 5. The number of nitrogens with one attached hydrogen (secondary N) is 1. The molecule has 0 aliphatic rings. The molecule has 0 radical (unpaired) electrons. The first-order valence-electron chi connectivity index (χ1n) is 4.88. The molecule has 0 fully saturated rings. The summed E-state index contributed by atoms with van der Waals surface area (Å²) in [5.74, 6) is 5.57. The van der Waals surface area contributed by atoms with E-state index in [1.54, 1.807) is 36.4 Å². The molecule has 0 atom stereocenters. The summed E-state index contributed by atoms with van der Waals surface area (Å²) in [5, 5.41) is 1.30. The molecule has 3 N–H and O–H groups in total. The molecule has 2 aromatic rings. The van der Waals surface area contributed by atoms with Crippen molar-refractivity contribution >= 4 is 20.6 Å². The van der Waals surface area contributed by atoms with Gasteiger partial charge in [0.15, 0.2) is 15.6 Å². The zero-order valence-electron chi connectivity index (χ0n) is 9.17. The first-order valence-corrected chi connectivity index (χ1v) is 6.77. The quantitative estimate of drug-likeness (QED) is 0.629. The fraction of sp³-hybridized carbons (Fsp3) is 0.0909. The molecule has 2 rings (SSSR count). The van der Waals surface area contributed by atoms with Crippen molar-refractivity contribution in [1.29, 1.82) is 0 Å². The molecule has 2 aromatic carbocycles. The second-order valence-electron chi connectivity index (χ2n) is 3.60. The van der Waals surface area contributed by atoms with Gasteiger partial charge >= 0.3 is 0 Å². The van der Waals surface area contributed by atoms with Crippen molar-refractivity contribution in [2.24, 2.45) is 5.84 Å². The lowest BCUT2D eigenvalue weighted by atomic mass is 10.1. The van der Waals surface area contributed by atoms with Gasteiger partial charge in [0.1, 0.15) is 0 Å². The molecule has 17 heavy (non-hydrogen) atoms. The summed E-state index contributed by atoms with van der Waals surface area (Å²) < 4.78 is 23.3. The maximum Gasteiger partial charge on any atom is 0.176 e. The lowest BCUT2D eigenvalue weighted by molar-refractivity contribution is 0.202. The van der Waals surface area contributed by atoms with Crippen LogP contribution in [0.25, 0.3) is 10.8 Å². The minimum atomic E-state index is -3.27. The predicted octanol–water partition coefficient (Wildman–Crippen LogP) is 1.00. The molecule has 5 nitrogen and oxygen atoms in total. The molecule has 0 aliphatic carbocycles. The van der Waals surface area contributed by atoms with E-state index >= 15 is 0 Å². The molecule has 0 bridgehead atoms. The van der Waals surface area contributed by atoms with E-state index in [2.05, 4.69) is 5.59 Å². The third-order valence-corrected chi connectivity index (χ3v) is 3.57. The van der Waals surface area contributed by atoms with Gasteiger partial charge in [0, 0.05) is 17.0 Å². The molecule has 0 aliphatic heterocycles. The maximum atomic E-state index is 11.6. The molecule has 0 aromatic heterocycles. The van der Waals surface area contributed by atoms with Crippen LogP contribution in [0.15, 0.2) is 41.3 Å². The number of hydrazine groups is 1. The highest BCUT2D eigenvalue weighted by atomic mass is 32.2. The SMILES string of the molecule is CS(=O)(=O)c1cccc2c(ONN)cccc12. The number of rotatable bonds is 3. The van der Waals surface area contributed by atoms with Crippen LogP contribution in [0.1, 0.15) is 0 Å². The molecule has 0 saturated heterocycles. The van der Waals surface area contributed by atoms with Gasteiger partial charge in [-0.1, -0.05) is 29.9 Å². The summed E-state index contributed by atoms with van der Waals surface area (Å²) in [6.07, 6.45) is 1.18. The highest BCUT2D eigenvalue weighted by Gasteiger charge is 2.13. The number of benzene rings is 2. The Kier molecular flexibility index (Phi) is 3.01. The molecule has 0 unspecified atom stereocenters. The van der Waals surface area contributed by atoms with Crippen molar-refractivity contribution in [2.45, 2.75) is 4.90 Å². The van der Waals surface area contributed by atoms with Crippen molar-refractivity contribution in [3.63, 3.8) is 0 Å². The zero-order valence-corrected chi connectivity index (χ0v) is 9.99. The van der Waals surface area contributed by atoms with Crippen LogP contribution in [0.4, 0.5) is 0 Å². The Balaban J connectivity index is 2.79. The van der Waals surface area contributed by atoms with Crippen molar-refractivity contribution in [2.75, 3.05) is 6.26 Å². The number of fused-ring (bicyclic) bond motifs is 1. The van der Waals surface area contributed by atoms with Crippen molar-refractivity contribution in [3.8, 4) is 5.75 Å². The Morgan fingerprint density at radius 3 is 2.41 bits per heavy atom. The second kappa shape index (κ2) is 4.33. The summed E-state index contributed by atoms with van der Waals surface area (Å²) in [5.41, 5.74) is 2.08. The number of hydrogen-bond donors (Lipinski definition) is 2. The Labute approximate surface area is 99.0 Å². The van der Waals surface area contributed by atoms with Crippen LogP contribution >= 0.6 is 0 Å². The van der Waals surface area contributed by atoms with Crippen LogP contribution in [0.3, 0.4) is 0 Å². The average molecular weight is 252 g/mol. The fourth-order valence-corrected chi connectivity index (χ4v) is 2.63. The van der Waals surface area contributed by atoms with Crippen molar-refractivity contribution in [3.05, 3.63) is 36.4 Å². The van der Waals surface area contributed by atoms with Crippen LogP contribution in [0, 0.1) is 0 Å². The largest absolute Gasteiger partial charge is 0.393 e. The number of nitrogens with two attached hydrogens (primary N) is 1. The number of sulfone groups is 1. The maximum absolute atomic E-state index is 11.6. The molecule has 0 spiro atoms. The van der Waals surface area contributed by atoms with Crippen LogP contribution in [0.2, 0.25) is 0 Å². The van der Waals surface area contributed by atoms with E-state index in [1.165, 1.54) is 6.26 Å². The van der Waals surface area contributed by atoms with Crippen LogP contribution < -0.4 is 16.3 Å². The molecular formula is C11H12N2O3S. The van der Waals surface area contributed by atoms with E-state index in [0.29, 0.717) is 16.5 Å². The molecule has 0 heterocycles. The van der Waals surface area contributed by atoms with Crippen molar-refractivity contribution < 1.29 is 13.3 Å². The average Bonchev–Trinajstić information content (AvgIpc) is 2.28. The van der Waals surface area contributed by atoms with Gasteiger partial charge in [0.2, 0.25) is 0 Å². The minimum Gasteiger partial charge on any atom is -0.393 e. The summed E-state index contributed by atoms with van der Waals surface area (Å²) >= 11 is 0. The van der Waals surface area contributed by atoms with Gasteiger partial charge in [0.25, 0.3) is 0 Å². The Morgan fingerprint density at radius 1 is 1.12 bits per heavy atom.